The molecular formula is C10H7F3N2. The zero-order valence-corrected chi connectivity index (χ0v) is 7.81. The fourth-order valence-electron chi connectivity index (χ4n) is 1.44. The molecule has 0 aliphatic heterocycles. The van der Waals surface area contributed by atoms with E-state index in [2.05, 4.69) is 10.3 Å². The number of hydrogen-bond donors (Lipinski definition) is 1. The molecule has 1 heterocycles. The minimum atomic E-state index is -1.22. The number of pyridine rings is 1. The van der Waals surface area contributed by atoms with Gasteiger partial charge in [0.25, 0.3) is 0 Å². The molecule has 0 amide bonds. The van der Waals surface area contributed by atoms with E-state index in [0.29, 0.717) is 6.07 Å². The lowest BCUT2D eigenvalue weighted by Gasteiger charge is -2.06. The molecule has 0 aliphatic rings. The number of nitrogens with one attached hydrogen (secondary N) is 1. The van der Waals surface area contributed by atoms with Crippen LogP contribution in [0.5, 0.6) is 0 Å². The number of hydrogen-bond acceptors (Lipinski definition) is 2. The molecular weight excluding hydrogens is 205 g/mol. The minimum Gasteiger partial charge on any atom is -0.373 e. The van der Waals surface area contributed by atoms with E-state index in [1.807, 2.05) is 0 Å². The van der Waals surface area contributed by atoms with E-state index in [1.165, 1.54) is 19.3 Å². The molecule has 2 aromatic rings. The van der Waals surface area contributed by atoms with Gasteiger partial charge in [0.2, 0.25) is 0 Å². The van der Waals surface area contributed by atoms with Gasteiger partial charge in [-0.25, -0.2) is 18.2 Å². The van der Waals surface area contributed by atoms with Crippen LogP contribution in [-0.4, -0.2) is 12.0 Å². The van der Waals surface area contributed by atoms with Crippen molar-refractivity contribution in [2.24, 2.45) is 0 Å². The van der Waals surface area contributed by atoms with Crippen LogP contribution in [0.1, 0.15) is 0 Å². The smallest absolute Gasteiger partial charge is 0.170 e. The van der Waals surface area contributed by atoms with Gasteiger partial charge in [0.1, 0.15) is 11.6 Å². The van der Waals surface area contributed by atoms with Gasteiger partial charge in [0.15, 0.2) is 11.6 Å². The minimum absolute atomic E-state index is 0.00764. The molecule has 1 aromatic heterocycles. The monoisotopic (exact) mass is 212 g/mol. The van der Waals surface area contributed by atoms with E-state index in [1.54, 1.807) is 0 Å². The second-order valence-corrected chi connectivity index (χ2v) is 2.99. The lowest BCUT2D eigenvalue weighted by Crippen LogP contribution is -1.98. The van der Waals surface area contributed by atoms with Crippen LogP contribution in [0.4, 0.5) is 19.0 Å². The van der Waals surface area contributed by atoms with Gasteiger partial charge in [-0.05, 0) is 6.07 Å². The SMILES string of the molecule is CNc1nccc2c(F)cc(F)c(F)c12. The number of rotatable bonds is 1. The Kier molecular flexibility index (Phi) is 2.22. The Morgan fingerprint density at radius 1 is 1.20 bits per heavy atom. The molecule has 0 saturated carbocycles. The summed E-state index contributed by atoms with van der Waals surface area (Å²) in [7, 11) is 1.50. The van der Waals surface area contributed by atoms with E-state index < -0.39 is 17.5 Å². The summed E-state index contributed by atoms with van der Waals surface area (Å²) in [6.45, 7) is 0. The van der Waals surface area contributed by atoms with Gasteiger partial charge in [-0.1, -0.05) is 0 Å². The quantitative estimate of drug-likeness (QED) is 0.735. The number of anilines is 1. The molecule has 2 nitrogen and oxygen atoms in total. The van der Waals surface area contributed by atoms with Crippen LogP contribution in [0.25, 0.3) is 10.8 Å². The van der Waals surface area contributed by atoms with Crippen molar-refractivity contribution in [1.82, 2.24) is 4.98 Å². The summed E-state index contributed by atoms with van der Waals surface area (Å²) in [5.74, 6) is -3.00. The van der Waals surface area contributed by atoms with Crippen molar-refractivity contribution in [3.63, 3.8) is 0 Å². The summed E-state index contributed by atoms with van der Waals surface area (Å²) in [6, 6.07) is 1.82. The zero-order valence-electron chi connectivity index (χ0n) is 7.81. The third-order valence-corrected chi connectivity index (χ3v) is 2.13. The summed E-state index contributed by atoms with van der Waals surface area (Å²) in [5, 5.41) is 2.42. The number of halogens is 3. The van der Waals surface area contributed by atoms with E-state index >= 15 is 0 Å². The van der Waals surface area contributed by atoms with E-state index in [9.17, 15) is 13.2 Å². The Hall–Kier alpha value is -1.78. The molecule has 0 bridgehead atoms. The van der Waals surface area contributed by atoms with E-state index in [-0.39, 0.29) is 16.6 Å². The predicted octanol–water partition coefficient (Wildman–Crippen LogP) is 2.69. The largest absolute Gasteiger partial charge is 0.373 e. The number of aromatic nitrogens is 1. The summed E-state index contributed by atoms with van der Waals surface area (Å²) < 4.78 is 39.6. The van der Waals surface area contributed by atoms with Gasteiger partial charge in [0.05, 0.1) is 5.39 Å². The maximum Gasteiger partial charge on any atom is 0.170 e. The molecule has 0 fully saturated rings. The number of benzene rings is 1. The highest BCUT2D eigenvalue weighted by Crippen LogP contribution is 2.27. The summed E-state index contributed by atoms with van der Waals surface area (Å²) in [5.41, 5.74) is 0. The third-order valence-electron chi connectivity index (χ3n) is 2.13. The Bertz CT molecular complexity index is 526. The molecule has 15 heavy (non-hydrogen) atoms. The highest BCUT2D eigenvalue weighted by molar-refractivity contribution is 5.92. The highest BCUT2D eigenvalue weighted by Gasteiger charge is 2.15. The molecule has 2 rings (SSSR count). The fraction of sp³-hybridized carbons (Fsp3) is 0.100. The summed E-state index contributed by atoms with van der Waals surface area (Å²) in [6.07, 6.45) is 1.33. The standard InChI is InChI=1S/C10H7F3N2/c1-14-10-8-5(2-3-15-10)6(11)4-7(12)9(8)13/h2-4H,1H3,(H,14,15). The van der Waals surface area contributed by atoms with Crippen molar-refractivity contribution in [3.05, 3.63) is 35.8 Å². The summed E-state index contributed by atoms with van der Waals surface area (Å²) in [4.78, 5) is 3.78. The molecule has 0 spiro atoms. The second kappa shape index (κ2) is 3.42. The molecule has 0 unspecified atom stereocenters. The maximum absolute atomic E-state index is 13.4. The molecule has 0 radical (unpaired) electrons. The first-order valence-corrected chi connectivity index (χ1v) is 4.25. The zero-order chi connectivity index (χ0) is 11.0. The second-order valence-electron chi connectivity index (χ2n) is 2.99. The fourth-order valence-corrected chi connectivity index (χ4v) is 1.44. The first-order chi connectivity index (χ1) is 7.15. The Morgan fingerprint density at radius 2 is 1.93 bits per heavy atom. The van der Waals surface area contributed by atoms with Crippen molar-refractivity contribution in [2.75, 3.05) is 12.4 Å². The van der Waals surface area contributed by atoms with Crippen LogP contribution < -0.4 is 5.32 Å². The lowest BCUT2D eigenvalue weighted by molar-refractivity contribution is 0.506. The average Bonchev–Trinajstić information content (AvgIpc) is 2.25. The summed E-state index contributed by atoms with van der Waals surface area (Å²) >= 11 is 0. The molecule has 0 atom stereocenters. The van der Waals surface area contributed by atoms with Crippen LogP contribution >= 0.6 is 0 Å². The van der Waals surface area contributed by atoms with Crippen molar-refractivity contribution < 1.29 is 13.2 Å². The van der Waals surface area contributed by atoms with Crippen LogP contribution in [0, 0.1) is 17.5 Å². The first kappa shape index (κ1) is 9.76. The lowest BCUT2D eigenvalue weighted by atomic mass is 10.1. The molecule has 5 heteroatoms. The maximum atomic E-state index is 13.4. The Balaban J connectivity index is 2.96. The van der Waals surface area contributed by atoms with Crippen LogP contribution in [0.2, 0.25) is 0 Å². The van der Waals surface area contributed by atoms with Crippen LogP contribution in [0.15, 0.2) is 18.3 Å². The number of nitrogens with zero attached hydrogens (tertiary/aromatic N) is 1. The van der Waals surface area contributed by atoms with E-state index in [0.717, 1.165) is 0 Å². The van der Waals surface area contributed by atoms with Crippen molar-refractivity contribution in [1.29, 1.82) is 0 Å². The average molecular weight is 212 g/mol. The third kappa shape index (κ3) is 1.40. The Labute approximate surface area is 83.7 Å². The van der Waals surface area contributed by atoms with Crippen molar-refractivity contribution >= 4 is 16.6 Å². The molecule has 0 saturated heterocycles. The van der Waals surface area contributed by atoms with Gasteiger partial charge in [-0.2, -0.15) is 0 Å². The van der Waals surface area contributed by atoms with Crippen molar-refractivity contribution in [3.8, 4) is 0 Å². The molecule has 1 N–H and O–H groups in total. The Morgan fingerprint density at radius 3 is 2.60 bits per heavy atom. The number of fused-ring (bicyclic) bond motifs is 1. The molecule has 0 aliphatic carbocycles. The predicted molar refractivity (Wildman–Crippen MR) is 51.2 cm³/mol. The normalized spacial score (nSPS) is 10.7. The molecule has 1 aromatic carbocycles. The highest BCUT2D eigenvalue weighted by atomic mass is 19.2. The van der Waals surface area contributed by atoms with Gasteiger partial charge >= 0.3 is 0 Å². The topological polar surface area (TPSA) is 24.9 Å². The van der Waals surface area contributed by atoms with E-state index in [4.69, 9.17) is 0 Å². The van der Waals surface area contributed by atoms with Gasteiger partial charge < -0.3 is 5.32 Å². The van der Waals surface area contributed by atoms with Gasteiger partial charge in [-0.3, -0.25) is 0 Å². The van der Waals surface area contributed by atoms with Crippen molar-refractivity contribution in [2.45, 2.75) is 0 Å². The van der Waals surface area contributed by atoms with Gasteiger partial charge in [-0.15, -0.1) is 0 Å². The molecule has 78 valence electrons. The van der Waals surface area contributed by atoms with Crippen LogP contribution in [0.3, 0.4) is 0 Å². The van der Waals surface area contributed by atoms with Gasteiger partial charge in [0, 0.05) is 24.7 Å². The van der Waals surface area contributed by atoms with Crippen LogP contribution in [-0.2, 0) is 0 Å². The first-order valence-electron chi connectivity index (χ1n) is 4.25.